The van der Waals surface area contributed by atoms with E-state index in [-0.39, 0.29) is 5.78 Å². The summed E-state index contributed by atoms with van der Waals surface area (Å²) in [6.07, 6.45) is 8.92. The maximum Gasteiger partial charge on any atom is 0.195 e. The molecule has 3 rings (SSSR count). The minimum Gasteiger partial charge on any atom is -0.496 e. The molecular weight excluding hydrogens is 380 g/mol. The topological polar surface area (TPSA) is 44.1 Å². The first-order valence-corrected chi connectivity index (χ1v) is 9.94. The molecule has 0 saturated carbocycles. The summed E-state index contributed by atoms with van der Waals surface area (Å²) < 4.78 is 7.19. The molecule has 0 radical (unpaired) electrons. The summed E-state index contributed by atoms with van der Waals surface area (Å²) in [6.45, 7) is 2.68. The lowest BCUT2D eigenvalue weighted by molar-refractivity contribution is 0.105. The molecule has 0 aliphatic rings. The molecule has 27 heavy (non-hydrogen) atoms. The van der Waals surface area contributed by atoms with Crippen LogP contribution in [0, 0.1) is 0 Å². The Labute approximate surface area is 168 Å². The smallest absolute Gasteiger partial charge is 0.195 e. The molecule has 0 bridgehead atoms. The quantitative estimate of drug-likeness (QED) is 0.370. The van der Waals surface area contributed by atoms with E-state index in [4.69, 9.17) is 16.3 Å². The van der Waals surface area contributed by atoms with Gasteiger partial charge >= 0.3 is 0 Å². The molecule has 0 fully saturated rings. The van der Waals surface area contributed by atoms with E-state index in [1.807, 2.05) is 36.4 Å². The fourth-order valence-corrected chi connectivity index (χ4v) is 3.96. The minimum atomic E-state index is 0.0265. The Morgan fingerprint density at radius 3 is 2.89 bits per heavy atom. The summed E-state index contributed by atoms with van der Waals surface area (Å²) in [5.74, 6) is 0.797. The Morgan fingerprint density at radius 2 is 2.19 bits per heavy atom. The number of carbonyl (C=O) groups excluding carboxylic acids is 1. The van der Waals surface area contributed by atoms with Crippen LogP contribution in [-0.2, 0) is 13.0 Å². The molecule has 0 aliphatic carbocycles. The Bertz CT molecular complexity index is 959. The van der Waals surface area contributed by atoms with Gasteiger partial charge in [0, 0.05) is 16.6 Å². The second-order valence-corrected chi connectivity index (χ2v) is 7.75. The Hall–Kier alpha value is -2.37. The fraction of sp³-hybridized carbons (Fsp3) is 0.238. The maximum atomic E-state index is 12.4. The lowest BCUT2D eigenvalue weighted by Gasteiger charge is -2.09. The number of benzene rings is 1. The minimum absolute atomic E-state index is 0.0265. The molecule has 0 unspecified atom stereocenters. The van der Waals surface area contributed by atoms with Gasteiger partial charge in [-0.05, 0) is 42.3 Å². The lowest BCUT2D eigenvalue weighted by atomic mass is 10.1. The zero-order valence-corrected chi connectivity index (χ0v) is 16.9. The van der Waals surface area contributed by atoms with Crippen LogP contribution in [0.25, 0.3) is 6.08 Å². The highest BCUT2D eigenvalue weighted by molar-refractivity contribution is 7.14. The number of rotatable bonds is 8. The Morgan fingerprint density at radius 1 is 1.33 bits per heavy atom. The standard InChI is InChI=1S/C21H21ClN2O2S/c1-3-4-18-7-10-21(27-18)19(25)8-5-15-6-9-20(26-2)16(11-15)13-24-14-17(22)12-23-24/h5-12,14H,3-4,13H2,1-2H3/b8-5+. The Balaban J connectivity index is 1.76. The molecule has 1 aromatic carbocycles. The summed E-state index contributed by atoms with van der Waals surface area (Å²) in [4.78, 5) is 14.4. The number of ketones is 1. The second kappa shape index (κ2) is 9.02. The average molecular weight is 401 g/mol. The van der Waals surface area contributed by atoms with Gasteiger partial charge in [0.15, 0.2) is 5.78 Å². The van der Waals surface area contributed by atoms with Gasteiger partial charge in [0.2, 0.25) is 0 Å². The highest BCUT2D eigenvalue weighted by Crippen LogP contribution is 2.23. The van der Waals surface area contributed by atoms with E-state index >= 15 is 0 Å². The molecule has 0 N–H and O–H groups in total. The lowest BCUT2D eigenvalue weighted by Crippen LogP contribution is -2.02. The van der Waals surface area contributed by atoms with Crippen molar-refractivity contribution in [1.82, 2.24) is 9.78 Å². The molecule has 0 spiro atoms. The summed E-state index contributed by atoms with van der Waals surface area (Å²) in [7, 11) is 1.64. The first-order valence-electron chi connectivity index (χ1n) is 8.75. The van der Waals surface area contributed by atoms with Gasteiger partial charge < -0.3 is 4.74 Å². The predicted octanol–water partition coefficient (Wildman–Crippen LogP) is 5.50. The van der Waals surface area contributed by atoms with Crippen molar-refractivity contribution in [2.24, 2.45) is 0 Å². The number of hydrogen-bond acceptors (Lipinski definition) is 4. The molecule has 2 heterocycles. The van der Waals surface area contributed by atoms with Crippen molar-refractivity contribution in [3.8, 4) is 5.75 Å². The van der Waals surface area contributed by atoms with Crippen LogP contribution in [0.2, 0.25) is 5.02 Å². The molecule has 0 amide bonds. The SMILES string of the molecule is CCCc1ccc(C(=O)/C=C/c2ccc(OC)c(Cn3cc(Cl)cn3)c2)s1. The molecule has 140 valence electrons. The number of allylic oxidation sites excluding steroid dienone is 1. The van der Waals surface area contributed by atoms with Crippen LogP contribution >= 0.6 is 22.9 Å². The summed E-state index contributed by atoms with van der Waals surface area (Å²) in [5, 5.41) is 4.80. The van der Waals surface area contributed by atoms with Gasteiger partial charge in [-0.1, -0.05) is 37.1 Å². The van der Waals surface area contributed by atoms with Crippen molar-refractivity contribution in [2.45, 2.75) is 26.3 Å². The van der Waals surface area contributed by atoms with E-state index in [0.717, 1.165) is 34.6 Å². The highest BCUT2D eigenvalue weighted by Gasteiger charge is 2.08. The van der Waals surface area contributed by atoms with Crippen LogP contribution < -0.4 is 4.74 Å². The summed E-state index contributed by atoms with van der Waals surface area (Å²) in [5.41, 5.74) is 1.90. The molecule has 6 heteroatoms. The van der Waals surface area contributed by atoms with Crippen molar-refractivity contribution in [2.75, 3.05) is 7.11 Å². The number of thiophene rings is 1. The van der Waals surface area contributed by atoms with E-state index in [0.29, 0.717) is 11.6 Å². The second-order valence-electron chi connectivity index (χ2n) is 6.14. The van der Waals surface area contributed by atoms with Crippen LogP contribution in [0.4, 0.5) is 0 Å². The first kappa shape index (κ1) is 19.4. The molecule has 0 saturated heterocycles. The molecular formula is C21H21ClN2O2S. The first-order chi connectivity index (χ1) is 13.1. The van der Waals surface area contributed by atoms with Gasteiger partial charge in [0.1, 0.15) is 5.75 Å². The van der Waals surface area contributed by atoms with E-state index < -0.39 is 0 Å². The number of nitrogens with zero attached hydrogens (tertiary/aromatic N) is 2. The molecule has 0 aliphatic heterocycles. The van der Waals surface area contributed by atoms with Crippen molar-refractivity contribution in [1.29, 1.82) is 0 Å². The number of hydrogen-bond donors (Lipinski definition) is 0. The number of aryl methyl sites for hydroxylation is 1. The van der Waals surface area contributed by atoms with Crippen LogP contribution in [0.5, 0.6) is 5.75 Å². The van der Waals surface area contributed by atoms with E-state index in [1.165, 1.54) is 4.88 Å². The van der Waals surface area contributed by atoms with Gasteiger partial charge in [-0.3, -0.25) is 9.48 Å². The third kappa shape index (κ3) is 5.08. The number of carbonyl (C=O) groups is 1. The summed E-state index contributed by atoms with van der Waals surface area (Å²) in [6, 6.07) is 9.77. The van der Waals surface area contributed by atoms with Crippen LogP contribution in [-0.4, -0.2) is 22.7 Å². The third-order valence-corrected chi connectivity index (χ3v) is 5.42. The van der Waals surface area contributed by atoms with E-state index in [1.54, 1.807) is 41.6 Å². The molecule has 2 aromatic heterocycles. The van der Waals surface area contributed by atoms with E-state index in [2.05, 4.69) is 12.0 Å². The van der Waals surface area contributed by atoms with Gasteiger partial charge in [-0.25, -0.2) is 0 Å². The molecule has 0 atom stereocenters. The number of halogens is 1. The molecule has 4 nitrogen and oxygen atoms in total. The van der Waals surface area contributed by atoms with Gasteiger partial charge in [-0.2, -0.15) is 5.10 Å². The zero-order valence-electron chi connectivity index (χ0n) is 15.3. The van der Waals surface area contributed by atoms with Crippen molar-refractivity contribution in [3.05, 3.63) is 74.7 Å². The number of ether oxygens (including phenoxy) is 1. The Kier molecular flexibility index (Phi) is 6.48. The largest absolute Gasteiger partial charge is 0.496 e. The molecule has 3 aromatic rings. The maximum absolute atomic E-state index is 12.4. The monoisotopic (exact) mass is 400 g/mol. The van der Waals surface area contributed by atoms with Crippen molar-refractivity contribution >= 4 is 34.8 Å². The zero-order chi connectivity index (χ0) is 19.2. The van der Waals surface area contributed by atoms with Crippen molar-refractivity contribution < 1.29 is 9.53 Å². The van der Waals surface area contributed by atoms with Crippen LogP contribution in [0.3, 0.4) is 0 Å². The predicted molar refractivity (Wildman–Crippen MR) is 111 cm³/mol. The van der Waals surface area contributed by atoms with Crippen LogP contribution in [0.15, 0.2) is 48.8 Å². The van der Waals surface area contributed by atoms with Gasteiger partial charge in [0.25, 0.3) is 0 Å². The normalized spacial score (nSPS) is 11.2. The van der Waals surface area contributed by atoms with Gasteiger partial charge in [0.05, 0.1) is 29.8 Å². The summed E-state index contributed by atoms with van der Waals surface area (Å²) >= 11 is 7.50. The number of aromatic nitrogens is 2. The van der Waals surface area contributed by atoms with E-state index in [9.17, 15) is 4.79 Å². The fourth-order valence-electron chi connectivity index (χ4n) is 2.77. The third-order valence-electron chi connectivity index (χ3n) is 4.07. The van der Waals surface area contributed by atoms with Crippen LogP contribution in [0.1, 0.15) is 39.0 Å². The van der Waals surface area contributed by atoms with Crippen molar-refractivity contribution in [3.63, 3.8) is 0 Å². The van der Waals surface area contributed by atoms with Gasteiger partial charge in [-0.15, -0.1) is 11.3 Å². The average Bonchev–Trinajstić information content (AvgIpc) is 3.29. The highest BCUT2D eigenvalue weighted by atomic mass is 35.5. The number of methoxy groups -OCH3 is 1.